The van der Waals surface area contributed by atoms with Crippen molar-refractivity contribution in [2.45, 2.75) is 45.8 Å². The van der Waals surface area contributed by atoms with Gasteiger partial charge in [-0.05, 0) is 70.1 Å². The number of benzene rings is 1. The van der Waals surface area contributed by atoms with Gasteiger partial charge in [0.1, 0.15) is 23.4 Å². The van der Waals surface area contributed by atoms with E-state index in [4.69, 9.17) is 4.74 Å². The maximum Gasteiger partial charge on any atom is 0.406 e. The molecule has 0 bridgehead atoms. The Morgan fingerprint density at radius 1 is 1.24 bits per heavy atom. The van der Waals surface area contributed by atoms with E-state index in [0.717, 1.165) is 29.9 Å². The molecule has 4 aromatic rings. The Morgan fingerprint density at radius 2 is 2.00 bits per heavy atom. The molecule has 10 nitrogen and oxygen atoms in total. The first-order valence-electron chi connectivity index (χ1n) is 12.0. The Balaban J connectivity index is 1.53. The maximum absolute atomic E-state index is 15.4. The van der Waals surface area contributed by atoms with E-state index in [1.165, 1.54) is 29.9 Å². The van der Waals surface area contributed by atoms with Crippen LogP contribution in [0, 0.1) is 34.6 Å². The first kappa shape index (κ1) is 25.9. The topological polar surface area (TPSA) is 114 Å². The highest BCUT2D eigenvalue weighted by Gasteiger charge is 2.28. The Kier molecular flexibility index (Phi) is 6.95. The third-order valence-corrected chi connectivity index (χ3v) is 6.80. The van der Waals surface area contributed by atoms with Crippen molar-refractivity contribution in [2.24, 2.45) is 13.0 Å². The van der Waals surface area contributed by atoms with E-state index >= 15 is 4.39 Å². The summed E-state index contributed by atoms with van der Waals surface area (Å²) in [5.74, 6) is -1.67. The fourth-order valence-electron chi connectivity index (χ4n) is 4.39. The van der Waals surface area contributed by atoms with Gasteiger partial charge in [0, 0.05) is 49.5 Å². The summed E-state index contributed by atoms with van der Waals surface area (Å²) >= 11 is 3.22. The molecule has 38 heavy (non-hydrogen) atoms. The zero-order valence-electron chi connectivity index (χ0n) is 20.9. The summed E-state index contributed by atoms with van der Waals surface area (Å²) in [7, 11) is 1.62. The standard InChI is InChI=1S/C25H24BrF2N7O3/c1-13-16(12-34(30-13)11-15-4-5-15)6-21-24(32-33(3)31-21)23-19(8-18(27)9-20(23)28)14(2)38-22-7-17(26)10-29-25(22)35(36)37/h7-10,12,14-15H,4-6,11H2,1-3H3. The van der Waals surface area contributed by atoms with Gasteiger partial charge < -0.3 is 14.9 Å². The highest BCUT2D eigenvalue weighted by atomic mass is 79.9. The van der Waals surface area contributed by atoms with Crippen molar-refractivity contribution < 1.29 is 18.4 Å². The van der Waals surface area contributed by atoms with Crippen molar-refractivity contribution >= 4 is 21.7 Å². The summed E-state index contributed by atoms with van der Waals surface area (Å²) in [5.41, 5.74) is 2.61. The second-order valence-electron chi connectivity index (χ2n) is 9.41. The molecular weight excluding hydrogens is 564 g/mol. The quantitative estimate of drug-likeness (QED) is 0.188. The van der Waals surface area contributed by atoms with Gasteiger partial charge in [-0.15, -0.1) is 0 Å². The molecular formula is C25H24BrF2N7O3. The van der Waals surface area contributed by atoms with E-state index < -0.39 is 28.5 Å². The average molecular weight is 588 g/mol. The maximum atomic E-state index is 15.4. The monoisotopic (exact) mass is 587 g/mol. The van der Waals surface area contributed by atoms with Crippen LogP contribution in [0.15, 0.2) is 35.1 Å². The van der Waals surface area contributed by atoms with Crippen LogP contribution in [0.1, 0.15) is 48.4 Å². The smallest absolute Gasteiger partial charge is 0.406 e. The number of aryl methyl sites for hydroxylation is 2. The van der Waals surface area contributed by atoms with Gasteiger partial charge in [-0.3, -0.25) is 4.68 Å². The van der Waals surface area contributed by atoms with Crippen LogP contribution < -0.4 is 4.74 Å². The molecule has 13 heteroatoms. The first-order chi connectivity index (χ1) is 18.1. The van der Waals surface area contributed by atoms with Crippen LogP contribution in [0.3, 0.4) is 0 Å². The minimum absolute atomic E-state index is 0.00985. The van der Waals surface area contributed by atoms with Crippen LogP contribution in [0.25, 0.3) is 11.3 Å². The number of ether oxygens (including phenoxy) is 1. The van der Waals surface area contributed by atoms with E-state index in [9.17, 15) is 14.5 Å². The molecule has 3 heterocycles. The van der Waals surface area contributed by atoms with Gasteiger partial charge >= 0.3 is 5.82 Å². The van der Waals surface area contributed by atoms with Crippen molar-refractivity contribution in [1.82, 2.24) is 29.8 Å². The molecule has 0 aliphatic heterocycles. The molecule has 1 unspecified atom stereocenters. The lowest BCUT2D eigenvalue weighted by atomic mass is 9.96. The number of aromatic nitrogens is 6. The van der Waals surface area contributed by atoms with Crippen LogP contribution in [-0.4, -0.2) is 34.7 Å². The van der Waals surface area contributed by atoms with E-state index in [2.05, 4.69) is 36.2 Å². The second kappa shape index (κ2) is 10.2. The zero-order chi connectivity index (χ0) is 27.1. The number of hydrogen-bond donors (Lipinski definition) is 0. The Bertz CT molecular complexity index is 1530. The fraction of sp³-hybridized carbons (Fsp3) is 0.360. The van der Waals surface area contributed by atoms with E-state index in [0.29, 0.717) is 22.5 Å². The molecule has 5 rings (SSSR count). The molecule has 1 atom stereocenters. The van der Waals surface area contributed by atoms with Gasteiger partial charge in [-0.1, -0.05) is 0 Å². The Hall–Kier alpha value is -3.74. The average Bonchev–Trinajstić information content (AvgIpc) is 3.48. The Labute approximate surface area is 224 Å². The van der Waals surface area contributed by atoms with E-state index in [1.807, 2.05) is 17.8 Å². The molecule has 0 spiro atoms. The second-order valence-corrected chi connectivity index (χ2v) is 10.3. The number of hydrogen-bond acceptors (Lipinski definition) is 7. The fourth-order valence-corrected chi connectivity index (χ4v) is 4.70. The lowest BCUT2D eigenvalue weighted by molar-refractivity contribution is -0.390. The summed E-state index contributed by atoms with van der Waals surface area (Å²) in [5, 5.41) is 24.9. The van der Waals surface area contributed by atoms with Gasteiger partial charge in [0.05, 0.1) is 15.9 Å². The summed E-state index contributed by atoms with van der Waals surface area (Å²) in [6, 6.07) is 3.29. The van der Waals surface area contributed by atoms with Crippen molar-refractivity contribution in [3.63, 3.8) is 0 Å². The molecule has 1 aliphatic rings. The van der Waals surface area contributed by atoms with Crippen LogP contribution in [0.4, 0.5) is 14.6 Å². The van der Waals surface area contributed by atoms with Gasteiger partial charge in [0.15, 0.2) is 6.20 Å². The van der Waals surface area contributed by atoms with Gasteiger partial charge in [0.25, 0.3) is 0 Å². The predicted octanol–water partition coefficient (Wildman–Crippen LogP) is 5.47. The van der Waals surface area contributed by atoms with Crippen molar-refractivity contribution in [2.75, 3.05) is 0 Å². The van der Waals surface area contributed by atoms with Crippen molar-refractivity contribution in [1.29, 1.82) is 0 Å². The molecule has 1 aromatic carbocycles. The highest BCUT2D eigenvalue weighted by Crippen LogP contribution is 2.37. The first-order valence-corrected chi connectivity index (χ1v) is 12.8. The lowest BCUT2D eigenvalue weighted by Gasteiger charge is -2.18. The van der Waals surface area contributed by atoms with E-state index in [-0.39, 0.29) is 22.6 Å². The number of nitrogens with zero attached hydrogens (tertiary/aromatic N) is 7. The van der Waals surface area contributed by atoms with Crippen molar-refractivity contribution in [3.8, 4) is 17.0 Å². The number of halogens is 3. The van der Waals surface area contributed by atoms with Crippen LogP contribution in [-0.2, 0) is 20.0 Å². The number of nitro groups is 1. The van der Waals surface area contributed by atoms with Gasteiger partial charge in [-0.2, -0.15) is 20.1 Å². The summed E-state index contributed by atoms with van der Waals surface area (Å²) < 4.78 is 38.1. The molecule has 0 amide bonds. The zero-order valence-corrected chi connectivity index (χ0v) is 22.4. The van der Waals surface area contributed by atoms with Gasteiger partial charge in [-0.25, -0.2) is 8.78 Å². The molecule has 0 N–H and O–H groups in total. The SMILES string of the molecule is Cc1nn(CC2CC2)cc1Cc1nn(C)nc1-c1c(F)cc(F)cc1C(C)Oc1cc(Br)cnc1[N+](=O)[O-]. The minimum Gasteiger partial charge on any atom is -0.478 e. The van der Waals surface area contributed by atoms with E-state index in [1.54, 1.807) is 14.0 Å². The summed E-state index contributed by atoms with van der Waals surface area (Å²) in [6.07, 6.45) is 4.99. The van der Waals surface area contributed by atoms with Crippen LogP contribution >= 0.6 is 15.9 Å². The summed E-state index contributed by atoms with van der Waals surface area (Å²) in [6.45, 7) is 4.31. The normalized spacial score (nSPS) is 14.1. The number of pyridine rings is 1. The lowest BCUT2D eigenvalue weighted by Crippen LogP contribution is -2.10. The van der Waals surface area contributed by atoms with Crippen molar-refractivity contribution in [3.05, 3.63) is 79.3 Å². The Morgan fingerprint density at radius 3 is 2.71 bits per heavy atom. The number of rotatable bonds is 9. The third-order valence-electron chi connectivity index (χ3n) is 6.37. The largest absolute Gasteiger partial charge is 0.478 e. The molecule has 1 aliphatic carbocycles. The summed E-state index contributed by atoms with van der Waals surface area (Å²) in [4.78, 5) is 15.9. The molecule has 1 fully saturated rings. The van der Waals surface area contributed by atoms with Gasteiger partial charge in [0.2, 0.25) is 5.75 Å². The van der Waals surface area contributed by atoms with Crippen LogP contribution in [0.5, 0.6) is 5.75 Å². The molecule has 0 saturated heterocycles. The molecule has 0 radical (unpaired) electrons. The van der Waals surface area contributed by atoms with Crippen LogP contribution in [0.2, 0.25) is 0 Å². The minimum atomic E-state index is -0.997. The third kappa shape index (κ3) is 5.42. The molecule has 198 valence electrons. The predicted molar refractivity (Wildman–Crippen MR) is 136 cm³/mol. The highest BCUT2D eigenvalue weighted by molar-refractivity contribution is 9.10. The molecule has 3 aromatic heterocycles. The molecule has 1 saturated carbocycles.